The van der Waals surface area contributed by atoms with Gasteiger partial charge in [0.05, 0.1) is 12.9 Å². The number of imidazole rings is 1. The number of hydrogen-bond donors (Lipinski definition) is 2. The fourth-order valence-corrected chi connectivity index (χ4v) is 1.04. The smallest absolute Gasteiger partial charge is 0.328 e. The van der Waals surface area contributed by atoms with E-state index in [2.05, 4.69) is 10.3 Å². The summed E-state index contributed by atoms with van der Waals surface area (Å²) in [7, 11) is 0. The van der Waals surface area contributed by atoms with Gasteiger partial charge in [0, 0.05) is 19.3 Å². The molecule has 2 N–H and O–H groups in total. The van der Waals surface area contributed by atoms with Gasteiger partial charge in [-0.05, 0) is 0 Å². The Balaban J connectivity index is 2.60. The first-order chi connectivity index (χ1) is 6.59. The molecule has 1 amide bonds. The molecule has 1 aromatic heterocycles. The molecule has 0 saturated carbocycles. The largest absolute Gasteiger partial charge is 0.480 e. The zero-order chi connectivity index (χ0) is 10.6. The molecule has 1 atom stereocenters. The van der Waals surface area contributed by atoms with Crippen LogP contribution in [0, 0.1) is 0 Å². The molecule has 0 bridgehead atoms. The molecular weight excluding hydrogens is 186 g/mol. The number of aromatic nitrogens is 2. The summed E-state index contributed by atoms with van der Waals surface area (Å²) in [6.45, 7) is 1.46. The van der Waals surface area contributed by atoms with Gasteiger partial charge in [0.2, 0.25) is 5.91 Å². The van der Waals surface area contributed by atoms with E-state index in [0.717, 1.165) is 0 Å². The zero-order valence-electron chi connectivity index (χ0n) is 7.67. The quantitative estimate of drug-likeness (QED) is 0.679. The zero-order valence-corrected chi connectivity index (χ0v) is 7.67. The number of nitrogens with one attached hydrogen (secondary N) is 1. The number of nitrogens with zero attached hydrogens (tertiary/aromatic N) is 2. The lowest BCUT2D eigenvalue weighted by atomic mass is 10.3. The van der Waals surface area contributed by atoms with Crippen molar-refractivity contribution in [3.63, 3.8) is 0 Å². The topological polar surface area (TPSA) is 84.2 Å². The second-order valence-corrected chi connectivity index (χ2v) is 2.85. The van der Waals surface area contributed by atoms with Crippen molar-refractivity contribution in [1.29, 1.82) is 0 Å². The van der Waals surface area contributed by atoms with E-state index in [1.165, 1.54) is 13.3 Å². The van der Waals surface area contributed by atoms with E-state index in [1.54, 1.807) is 17.0 Å². The van der Waals surface area contributed by atoms with E-state index in [0.29, 0.717) is 0 Å². The standard InChI is InChI=1S/C8H11N3O3/c1-6(12)10-7(8(13)14)4-11-3-2-9-5-11/h2-3,5,7H,4H2,1H3,(H,10,12)(H,13,14)/t7-/m1/s1. The molecule has 0 aliphatic carbocycles. The van der Waals surface area contributed by atoms with Crippen molar-refractivity contribution in [2.24, 2.45) is 0 Å². The summed E-state index contributed by atoms with van der Waals surface area (Å²) < 4.78 is 1.59. The number of carboxylic acids is 1. The molecule has 0 unspecified atom stereocenters. The van der Waals surface area contributed by atoms with Crippen LogP contribution in [-0.4, -0.2) is 32.6 Å². The van der Waals surface area contributed by atoms with E-state index >= 15 is 0 Å². The highest BCUT2D eigenvalue weighted by Gasteiger charge is 2.18. The third-order valence-electron chi connectivity index (χ3n) is 1.63. The van der Waals surface area contributed by atoms with Gasteiger partial charge in [-0.1, -0.05) is 0 Å². The highest BCUT2D eigenvalue weighted by molar-refractivity contribution is 5.81. The fraction of sp³-hybridized carbons (Fsp3) is 0.375. The number of carboxylic acid groups (broad SMARTS) is 1. The molecule has 6 nitrogen and oxygen atoms in total. The number of amides is 1. The van der Waals surface area contributed by atoms with Crippen LogP contribution in [-0.2, 0) is 16.1 Å². The summed E-state index contributed by atoms with van der Waals surface area (Å²) in [5.74, 6) is -1.42. The molecule has 0 fully saturated rings. The van der Waals surface area contributed by atoms with Crippen LogP contribution in [0.4, 0.5) is 0 Å². The number of carbonyl (C=O) groups is 2. The Bertz CT molecular complexity index is 321. The SMILES string of the molecule is CC(=O)N[C@H](Cn1ccnc1)C(=O)O. The molecule has 0 aliphatic heterocycles. The van der Waals surface area contributed by atoms with Crippen LogP contribution in [0.25, 0.3) is 0 Å². The fourth-order valence-electron chi connectivity index (χ4n) is 1.04. The highest BCUT2D eigenvalue weighted by atomic mass is 16.4. The van der Waals surface area contributed by atoms with Crippen LogP contribution in [0.15, 0.2) is 18.7 Å². The molecule has 0 saturated heterocycles. The van der Waals surface area contributed by atoms with E-state index in [-0.39, 0.29) is 12.5 Å². The van der Waals surface area contributed by atoms with Crippen molar-refractivity contribution in [3.05, 3.63) is 18.7 Å². The Morgan fingerprint density at radius 1 is 1.64 bits per heavy atom. The number of hydrogen-bond acceptors (Lipinski definition) is 3. The minimum Gasteiger partial charge on any atom is -0.480 e. The van der Waals surface area contributed by atoms with Gasteiger partial charge in [-0.2, -0.15) is 0 Å². The Labute approximate surface area is 80.6 Å². The summed E-state index contributed by atoms with van der Waals surface area (Å²) in [6.07, 6.45) is 4.68. The molecule has 0 radical (unpaired) electrons. The van der Waals surface area contributed by atoms with Gasteiger partial charge in [0.15, 0.2) is 0 Å². The lowest BCUT2D eigenvalue weighted by molar-refractivity contribution is -0.141. The Kier molecular flexibility index (Phi) is 3.22. The molecule has 1 rings (SSSR count). The predicted octanol–water partition coefficient (Wildman–Crippen LogP) is -0.528. The van der Waals surface area contributed by atoms with Crippen molar-refractivity contribution in [2.45, 2.75) is 19.5 Å². The average molecular weight is 197 g/mol. The van der Waals surface area contributed by atoms with E-state index in [1.807, 2.05) is 0 Å². The third kappa shape index (κ3) is 2.89. The van der Waals surface area contributed by atoms with Crippen LogP contribution in [0.3, 0.4) is 0 Å². The van der Waals surface area contributed by atoms with Crippen molar-refractivity contribution < 1.29 is 14.7 Å². The van der Waals surface area contributed by atoms with Crippen LogP contribution in [0.2, 0.25) is 0 Å². The van der Waals surface area contributed by atoms with E-state index in [4.69, 9.17) is 5.11 Å². The summed E-state index contributed by atoms with van der Waals surface area (Å²) in [4.78, 5) is 25.2. The summed E-state index contributed by atoms with van der Waals surface area (Å²) in [6, 6.07) is -0.915. The van der Waals surface area contributed by atoms with Gasteiger partial charge in [0.25, 0.3) is 0 Å². The van der Waals surface area contributed by atoms with Gasteiger partial charge in [-0.25, -0.2) is 9.78 Å². The lowest BCUT2D eigenvalue weighted by Gasteiger charge is -2.13. The van der Waals surface area contributed by atoms with Gasteiger partial charge >= 0.3 is 5.97 Å². The Morgan fingerprint density at radius 3 is 2.79 bits per heavy atom. The highest BCUT2D eigenvalue weighted by Crippen LogP contribution is 1.93. The maximum absolute atomic E-state index is 10.7. The first kappa shape index (κ1) is 10.2. The van der Waals surface area contributed by atoms with Crippen molar-refractivity contribution in [1.82, 2.24) is 14.9 Å². The Hall–Kier alpha value is -1.85. The normalized spacial score (nSPS) is 12.1. The molecule has 0 spiro atoms. The maximum Gasteiger partial charge on any atom is 0.328 e. The van der Waals surface area contributed by atoms with Crippen LogP contribution < -0.4 is 5.32 Å². The maximum atomic E-state index is 10.7. The molecular formula is C8H11N3O3. The number of rotatable bonds is 4. The lowest BCUT2D eigenvalue weighted by Crippen LogP contribution is -2.42. The minimum atomic E-state index is -1.06. The summed E-state index contributed by atoms with van der Waals surface area (Å²) in [5.41, 5.74) is 0. The number of aliphatic carboxylic acids is 1. The van der Waals surface area contributed by atoms with Gasteiger partial charge in [0.1, 0.15) is 6.04 Å². The number of carbonyl (C=O) groups excluding carboxylic acids is 1. The predicted molar refractivity (Wildman–Crippen MR) is 47.5 cm³/mol. The average Bonchev–Trinajstić information content (AvgIpc) is 2.54. The van der Waals surface area contributed by atoms with Gasteiger partial charge in [-0.15, -0.1) is 0 Å². The Morgan fingerprint density at radius 2 is 2.36 bits per heavy atom. The molecule has 14 heavy (non-hydrogen) atoms. The first-order valence-electron chi connectivity index (χ1n) is 4.05. The van der Waals surface area contributed by atoms with Crippen molar-refractivity contribution in [3.8, 4) is 0 Å². The minimum absolute atomic E-state index is 0.176. The molecule has 6 heteroatoms. The van der Waals surface area contributed by atoms with E-state index < -0.39 is 12.0 Å². The van der Waals surface area contributed by atoms with Gasteiger partial charge in [-0.3, -0.25) is 4.79 Å². The van der Waals surface area contributed by atoms with Crippen molar-refractivity contribution >= 4 is 11.9 Å². The van der Waals surface area contributed by atoms with E-state index in [9.17, 15) is 9.59 Å². The first-order valence-corrected chi connectivity index (χ1v) is 4.05. The monoisotopic (exact) mass is 197 g/mol. The molecule has 76 valence electrons. The molecule has 0 aliphatic rings. The summed E-state index contributed by atoms with van der Waals surface area (Å²) >= 11 is 0. The van der Waals surface area contributed by atoms with Crippen LogP contribution in [0.1, 0.15) is 6.92 Å². The van der Waals surface area contributed by atoms with Crippen molar-refractivity contribution in [2.75, 3.05) is 0 Å². The van der Waals surface area contributed by atoms with Crippen LogP contribution in [0.5, 0.6) is 0 Å². The third-order valence-corrected chi connectivity index (χ3v) is 1.63. The second kappa shape index (κ2) is 4.40. The second-order valence-electron chi connectivity index (χ2n) is 2.85. The van der Waals surface area contributed by atoms with Crippen LogP contribution >= 0.6 is 0 Å². The molecule has 1 aromatic rings. The summed E-state index contributed by atoms with van der Waals surface area (Å²) in [5, 5.41) is 11.1. The molecule has 1 heterocycles. The molecule has 0 aromatic carbocycles. The van der Waals surface area contributed by atoms with Gasteiger partial charge < -0.3 is 15.0 Å².